The van der Waals surface area contributed by atoms with Gasteiger partial charge in [0.25, 0.3) is 11.5 Å². The second kappa shape index (κ2) is 11.3. The van der Waals surface area contributed by atoms with E-state index in [2.05, 4.69) is 10.3 Å². The van der Waals surface area contributed by atoms with Gasteiger partial charge in [-0.25, -0.2) is 13.2 Å². The molecule has 1 heterocycles. The Kier molecular flexibility index (Phi) is 8.23. The first-order valence-corrected chi connectivity index (χ1v) is 13.4. The molecular weight excluding hydrogens is 519 g/mol. The normalized spacial score (nSPS) is 14.1. The van der Waals surface area contributed by atoms with Crippen molar-refractivity contribution in [3.63, 3.8) is 0 Å². The van der Waals surface area contributed by atoms with Crippen LogP contribution in [0.5, 0.6) is 0 Å². The summed E-state index contributed by atoms with van der Waals surface area (Å²) < 4.78 is 42.6. The molecule has 0 aliphatic heterocycles. The van der Waals surface area contributed by atoms with Gasteiger partial charge in [0.15, 0.2) is 17.5 Å². The largest absolute Gasteiger partial charge is 0.354 e. The molecule has 2 aromatic carbocycles. The van der Waals surface area contributed by atoms with Crippen LogP contribution in [0.25, 0.3) is 0 Å². The zero-order valence-electron chi connectivity index (χ0n) is 23.3. The predicted octanol–water partition coefficient (Wildman–Crippen LogP) is 5.80. The van der Waals surface area contributed by atoms with Gasteiger partial charge in [0.2, 0.25) is 5.91 Å². The van der Waals surface area contributed by atoms with Crippen LogP contribution in [0.2, 0.25) is 0 Å². The minimum absolute atomic E-state index is 0.166. The maximum Gasteiger partial charge on any atom is 0.255 e. The van der Waals surface area contributed by atoms with Crippen molar-refractivity contribution in [1.29, 1.82) is 0 Å². The van der Waals surface area contributed by atoms with Gasteiger partial charge in [-0.3, -0.25) is 14.4 Å². The average Bonchev–Trinajstić information content (AvgIpc) is 3.72. The number of carbonyl (C=O) groups is 2. The Bertz CT molecular complexity index is 1480. The van der Waals surface area contributed by atoms with Crippen molar-refractivity contribution in [2.45, 2.75) is 71.4 Å². The first-order valence-electron chi connectivity index (χ1n) is 13.4. The number of likely N-dealkylation sites (N-methyl/N-ethyl adjacent to an activating group) is 1. The molecule has 3 aromatic rings. The Labute approximate surface area is 231 Å². The van der Waals surface area contributed by atoms with Crippen LogP contribution in [0.15, 0.2) is 47.3 Å². The van der Waals surface area contributed by atoms with E-state index in [1.165, 1.54) is 0 Å². The van der Waals surface area contributed by atoms with Crippen molar-refractivity contribution in [3.05, 3.63) is 104 Å². The summed E-state index contributed by atoms with van der Waals surface area (Å²) in [6, 6.07) is 8.40. The SMILES string of the molecule is CCNC(=O)C(c1cc(F)c(F)c(F)c1)N(Cc1ccc(C(C)(C)C)[nH]c1=O)C(=O)c1ccc(C2CC2)c(C)c1. The molecule has 40 heavy (non-hydrogen) atoms. The summed E-state index contributed by atoms with van der Waals surface area (Å²) in [7, 11) is 0. The van der Waals surface area contributed by atoms with Crippen LogP contribution >= 0.6 is 0 Å². The number of benzene rings is 2. The standard InChI is InChI=1S/C31H34F3N3O3/c1-6-35-29(39)27(21-14-23(32)26(34)24(33)15-21)37(16-20-10-12-25(31(3,4)5)36-28(20)38)30(40)19-9-11-22(17(2)13-19)18-7-8-18/h9-15,18,27H,6-8,16H2,1-5H3,(H,35,39)(H,36,38). The smallest absolute Gasteiger partial charge is 0.255 e. The maximum atomic E-state index is 14.4. The molecule has 2 N–H and O–H groups in total. The molecular formula is C31H34F3N3O3. The molecule has 0 spiro atoms. The lowest BCUT2D eigenvalue weighted by Crippen LogP contribution is -2.44. The van der Waals surface area contributed by atoms with Crippen molar-refractivity contribution in [2.75, 3.05) is 6.54 Å². The summed E-state index contributed by atoms with van der Waals surface area (Å²) in [5.74, 6) is -5.56. The van der Waals surface area contributed by atoms with Gasteiger partial charge in [0.05, 0.1) is 6.54 Å². The fourth-order valence-corrected chi connectivity index (χ4v) is 4.83. The number of hydrogen-bond donors (Lipinski definition) is 2. The molecule has 4 rings (SSSR count). The molecule has 0 radical (unpaired) electrons. The number of aryl methyl sites for hydroxylation is 1. The van der Waals surface area contributed by atoms with E-state index >= 15 is 0 Å². The zero-order valence-corrected chi connectivity index (χ0v) is 23.3. The van der Waals surface area contributed by atoms with Crippen LogP contribution < -0.4 is 10.9 Å². The second-order valence-corrected chi connectivity index (χ2v) is 11.4. The summed E-state index contributed by atoms with van der Waals surface area (Å²) in [6.07, 6.45) is 2.16. The predicted molar refractivity (Wildman–Crippen MR) is 147 cm³/mol. The molecule has 1 aliphatic carbocycles. The highest BCUT2D eigenvalue weighted by Gasteiger charge is 2.35. The van der Waals surface area contributed by atoms with Gasteiger partial charge in [-0.1, -0.05) is 26.8 Å². The van der Waals surface area contributed by atoms with Crippen molar-refractivity contribution in [1.82, 2.24) is 15.2 Å². The minimum Gasteiger partial charge on any atom is -0.354 e. The molecule has 0 bridgehead atoms. The topological polar surface area (TPSA) is 82.3 Å². The van der Waals surface area contributed by atoms with E-state index in [9.17, 15) is 27.6 Å². The average molecular weight is 554 g/mol. The van der Waals surface area contributed by atoms with Crippen LogP contribution in [-0.2, 0) is 16.8 Å². The highest BCUT2D eigenvalue weighted by molar-refractivity contribution is 5.98. The van der Waals surface area contributed by atoms with Gasteiger partial charge in [-0.15, -0.1) is 0 Å². The number of nitrogens with one attached hydrogen (secondary N) is 2. The van der Waals surface area contributed by atoms with E-state index in [1.54, 1.807) is 31.2 Å². The number of H-pyrrole nitrogens is 1. The van der Waals surface area contributed by atoms with Crippen LogP contribution in [0.1, 0.15) is 90.8 Å². The van der Waals surface area contributed by atoms with Gasteiger partial charge in [0.1, 0.15) is 6.04 Å². The molecule has 1 saturated carbocycles. The van der Waals surface area contributed by atoms with E-state index < -0.39 is 40.9 Å². The van der Waals surface area contributed by atoms with Gasteiger partial charge in [-0.2, -0.15) is 0 Å². The number of carbonyl (C=O) groups excluding carboxylic acids is 2. The third-order valence-corrected chi connectivity index (χ3v) is 7.17. The molecule has 1 aromatic heterocycles. The Morgan fingerprint density at radius 1 is 1.05 bits per heavy atom. The van der Waals surface area contributed by atoms with Gasteiger partial charge >= 0.3 is 0 Å². The number of pyridine rings is 1. The van der Waals surface area contributed by atoms with Crippen molar-refractivity contribution in [3.8, 4) is 0 Å². The van der Waals surface area contributed by atoms with Crippen molar-refractivity contribution in [2.24, 2.45) is 0 Å². The molecule has 6 nitrogen and oxygen atoms in total. The van der Waals surface area contributed by atoms with Gasteiger partial charge in [-0.05, 0) is 85.7 Å². The molecule has 1 unspecified atom stereocenters. The number of aromatic nitrogens is 1. The first kappa shape index (κ1) is 29.1. The van der Waals surface area contributed by atoms with Crippen LogP contribution in [0, 0.1) is 24.4 Å². The highest BCUT2D eigenvalue weighted by Crippen LogP contribution is 2.41. The molecule has 0 saturated heterocycles. The monoisotopic (exact) mass is 553 g/mol. The summed E-state index contributed by atoms with van der Waals surface area (Å²) in [5.41, 5.74) is 2.08. The molecule has 1 atom stereocenters. The van der Waals surface area contributed by atoms with Gasteiger partial charge in [0, 0.05) is 28.8 Å². The van der Waals surface area contributed by atoms with Crippen LogP contribution in [0.3, 0.4) is 0 Å². The Morgan fingerprint density at radius 2 is 1.70 bits per heavy atom. The molecule has 9 heteroatoms. The Hall–Kier alpha value is -3.88. The quantitative estimate of drug-likeness (QED) is 0.346. The third-order valence-electron chi connectivity index (χ3n) is 7.17. The van der Waals surface area contributed by atoms with E-state index in [0.29, 0.717) is 23.7 Å². The molecule has 2 amide bonds. The Morgan fingerprint density at radius 3 is 2.23 bits per heavy atom. The summed E-state index contributed by atoms with van der Waals surface area (Å²) in [6.45, 7) is 9.18. The summed E-state index contributed by atoms with van der Waals surface area (Å²) in [5, 5.41) is 2.60. The second-order valence-electron chi connectivity index (χ2n) is 11.4. The minimum atomic E-state index is -1.68. The van der Waals surface area contributed by atoms with E-state index in [-0.39, 0.29) is 35.2 Å². The fourth-order valence-electron chi connectivity index (χ4n) is 4.83. The highest BCUT2D eigenvalue weighted by atomic mass is 19.2. The van der Waals surface area contributed by atoms with Crippen LogP contribution in [-0.4, -0.2) is 28.2 Å². The number of aromatic amines is 1. The van der Waals surface area contributed by atoms with E-state index in [1.807, 2.05) is 33.8 Å². The number of amides is 2. The number of halogens is 3. The summed E-state index contributed by atoms with van der Waals surface area (Å²) >= 11 is 0. The van der Waals surface area contributed by atoms with Crippen LogP contribution in [0.4, 0.5) is 13.2 Å². The lowest BCUT2D eigenvalue weighted by atomic mass is 9.91. The molecule has 212 valence electrons. The first-order chi connectivity index (χ1) is 18.8. The number of hydrogen-bond acceptors (Lipinski definition) is 3. The van der Waals surface area contributed by atoms with E-state index in [0.717, 1.165) is 28.9 Å². The molecule has 1 aliphatic rings. The maximum absolute atomic E-state index is 14.4. The van der Waals surface area contributed by atoms with Crippen molar-refractivity contribution < 1.29 is 22.8 Å². The molecule has 1 fully saturated rings. The van der Waals surface area contributed by atoms with Gasteiger partial charge < -0.3 is 15.2 Å². The zero-order chi connectivity index (χ0) is 29.4. The van der Waals surface area contributed by atoms with Crippen molar-refractivity contribution >= 4 is 11.8 Å². The third kappa shape index (κ3) is 6.13. The lowest BCUT2D eigenvalue weighted by molar-refractivity contribution is -0.126. The summed E-state index contributed by atoms with van der Waals surface area (Å²) in [4.78, 5) is 44.5. The number of rotatable bonds is 8. The lowest BCUT2D eigenvalue weighted by Gasteiger charge is -2.32. The number of nitrogens with zero attached hydrogens (tertiary/aromatic N) is 1. The van der Waals surface area contributed by atoms with E-state index in [4.69, 9.17) is 0 Å². The Balaban J connectivity index is 1.85. The fraction of sp³-hybridized carbons (Fsp3) is 0.387.